The highest BCUT2D eigenvalue weighted by Crippen LogP contribution is 2.25. The highest BCUT2D eigenvalue weighted by atomic mass is 79.9. The summed E-state index contributed by atoms with van der Waals surface area (Å²) in [6, 6.07) is 11.6. The van der Waals surface area contributed by atoms with E-state index in [2.05, 4.69) is 15.9 Å². The first-order valence-corrected chi connectivity index (χ1v) is 7.00. The molecular weight excluding hydrogens is 325 g/mol. The van der Waals surface area contributed by atoms with Crippen molar-refractivity contribution in [2.24, 2.45) is 0 Å². The predicted octanol–water partition coefficient (Wildman–Crippen LogP) is 4.02. The van der Waals surface area contributed by atoms with Gasteiger partial charge in [-0.25, -0.2) is 4.39 Å². The topological polar surface area (TPSA) is 44.5 Å². The lowest BCUT2D eigenvalue weighted by Gasteiger charge is -2.09. The minimum Gasteiger partial charge on any atom is -0.493 e. The molecule has 0 fully saturated rings. The van der Waals surface area contributed by atoms with Gasteiger partial charge in [0.15, 0.2) is 0 Å². The Kier molecular flexibility index (Phi) is 5.24. The third kappa shape index (κ3) is 4.42. The molecule has 0 spiro atoms. The third-order valence-corrected chi connectivity index (χ3v) is 3.21. The van der Waals surface area contributed by atoms with Gasteiger partial charge in [-0.3, -0.25) is 0 Å². The van der Waals surface area contributed by atoms with Crippen molar-refractivity contribution in [3.05, 3.63) is 52.8 Å². The molecule has 0 aliphatic rings. The lowest BCUT2D eigenvalue weighted by molar-refractivity contribution is 0.246. The monoisotopic (exact) mass is 339 g/mol. The zero-order chi connectivity index (χ0) is 14.4. The Hall–Kier alpha value is -1.75. The van der Waals surface area contributed by atoms with Crippen molar-refractivity contribution in [3.8, 4) is 11.5 Å². The van der Waals surface area contributed by atoms with Crippen molar-refractivity contribution in [2.45, 2.75) is 6.42 Å². The Morgan fingerprint density at radius 1 is 1.00 bits per heavy atom. The van der Waals surface area contributed by atoms with E-state index in [9.17, 15) is 4.39 Å². The molecule has 0 bridgehead atoms. The number of hydrogen-bond acceptors (Lipinski definition) is 3. The minimum absolute atomic E-state index is 0.295. The standard InChI is InChI=1S/C15H15BrFNO2/c16-14-10-11(17)2-7-15(14)20-9-1-8-19-13-5-3-12(18)4-6-13/h2-7,10H,1,8-9,18H2. The van der Waals surface area contributed by atoms with Crippen LogP contribution in [0.25, 0.3) is 0 Å². The van der Waals surface area contributed by atoms with Gasteiger partial charge in [-0.15, -0.1) is 0 Å². The van der Waals surface area contributed by atoms with Gasteiger partial charge in [-0.2, -0.15) is 0 Å². The molecular formula is C15H15BrFNO2. The molecule has 0 atom stereocenters. The third-order valence-electron chi connectivity index (χ3n) is 2.59. The Morgan fingerprint density at radius 3 is 2.40 bits per heavy atom. The molecule has 0 aliphatic heterocycles. The van der Waals surface area contributed by atoms with Gasteiger partial charge in [0.25, 0.3) is 0 Å². The molecule has 3 nitrogen and oxygen atoms in total. The summed E-state index contributed by atoms with van der Waals surface area (Å²) in [5.41, 5.74) is 6.30. The lowest BCUT2D eigenvalue weighted by Crippen LogP contribution is -2.05. The van der Waals surface area contributed by atoms with Crippen LogP contribution in [0.4, 0.5) is 10.1 Å². The lowest BCUT2D eigenvalue weighted by atomic mass is 10.3. The fourth-order valence-electron chi connectivity index (χ4n) is 1.59. The summed E-state index contributed by atoms with van der Waals surface area (Å²) in [4.78, 5) is 0. The summed E-state index contributed by atoms with van der Waals surface area (Å²) in [5.74, 6) is 1.11. The number of benzene rings is 2. The van der Waals surface area contributed by atoms with Crippen LogP contribution in [0.1, 0.15) is 6.42 Å². The first kappa shape index (κ1) is 14.7. The number of hydrogen-bond donors (Lipinski definition) is 1. The SMILES string of the molecule is Nc1ccc(OCCCOc2ccc(F)cc2Br)cc1. The number of rotatable bonds is 6. The first-order valence-electron chi connectivity index (χ1n) is 6.21. The number of halogens is 2. The molecule has 20 heavy (non-hydrogen) atoms. The van der Waals surface area contributed by atoms with E-state index < -0.39 is 0 Å². The number of nitrogen functional groups attached to an aromatic ring is 1. The Labute approximate surface area is 125 Å². The summed E-state index contributed by atoms with van der Waals surface area (Å²) < 4.78 is 24.6. The zero-order valence-electron chi connectivity index (χ0n) is 10.8. The summed E-state index contributed by atoms with van der Waals surface area (Å²) in [5, 5.41) is 0. The van der Waals surface area contributed by atoms with E-state index in [1.54, 1.807) is 18.2 Å². The van der Waals surface area contributed by atoms with Gasteiger partial charge in [0, 0.05) is 12.1 Å². The molecule has 106 valence electrons. The van der Waals surface area contributed by atoms with Crippen LogP contribution in [0.5, 0.6) is 11.5 Å². The molecule has 2 rings (SSSR count). The molecule has 0 heterocycles. The van der Waals surface area contributed by atoms with E-state index in [4.69, 9.17) is 15.2 Å². The van der Waals surface area contributed by atoms with Crippen LogP contribution in [-0.4, -0.2) is 13.2 Å². The molecule has 0 aromatic heterocycles. The number of anilines is 1. The number of ether oxygens (including phenoxy) is 2. The van der Waals surface area contributed by atoms with Gasteiger partial charge >= 0.3 is 0 Å². The fraction of sp³-hybridized carbons (Fsp3) is 0.200. The average Bonchev–Trinajstić information content (AvgIpc) is 2.42. The molecule has 0 unspecified atom stereocenters. The summed E-state index contributed by atoms with van der Waals surface area (Å²) in [7, 11) is 0. The van der Waals surface area contributed by atoms with Crippen molar-refractivity contribution >= 4 is 21.6 Å². The molecule has 5 heteroatoms. The Bertz CT molecular complexity index is 560. The van der Waals surface area contributed by atoms with Crippen LogP contribution in [0.2, 0.25) is 0 Å². The summed E-state index contributed by atoms with van der Waals surface area (Å²) in [6.07, 6.45) is 0.730. The van der Waals surface area contributed by atoms with E-state index in [0.29, 0.717) is 29.1 Å². The maximum Gasteiger partial charge on any atom is 0.133 e. The van der Waals surface area contributed by atoms with Crippen LogP contribution in [-0.2, 0) is 0 Å². The molecule has 2 N–H and O–H groups in total. The first-order chi connectivity index (χ1) is 9.65. The predicted molar refractivity (Wildman–Crippen MR) is 80.6 cm³/mol. The van der Waals surface area contributed by atoms with Crippen LogP contribution >= 0.6 is 15.9 Å². The van der Waals surface area contributed by atoms with Crippen LogP contribution in [0.15, 0.2) is 46.9 Å². The van der Waals surface area contributed by atoms with Gasteiger partial charge in [0.05, 0.1) is 17.7 Å². The van der Waals surface area contributed by atoms with Gasteiger partial charge in [-0.1, -0.05) is 0 Å². The smallest absolute Gasteiger partial charge is 0.133 e. The highest BCUT2D eigenvalue weighted by molar-refractivity contribution is 9.10. The molecule has 0 amide bonds. The van der Waals surface area contributed by atoms with E-state index in [1.807, 2.05) is 12.1 Å². The maximum atomic E-state index is 12.9. The summed E-state index contributed by atoms with van der Waals surface area (Å²) >= 11 is 3.25. The van der Waals surface area contributed by atoms with Gasteiger partial charge < -0.3 is 15.2 Å². The van der Waals surface area contributed by atoms with Crippen molar-refractivity contribution in [3.63, 3.8) is 0 Å². The molecule has 2 aromatic rings. The van der Waals surface area contributed by atoms with Crippen molar-refractivity contribution in [1.29, 1.82) is 0 Å². The van der Waals surface area contributed by atoms with E-state index >= 15 is 0 Å². The van der Waals surface area contributed by atoms with E-state index in [0.717, 1.165) is 12.2 Å². The summed E-state index contributed by atoms with van der Waals surface area (Å²) in [6.45, 7) is 1.04. The van der Waals surface area contributed by atoms with Gasteiger partial charge in [0.1, 0.15) is 17.3 Å². The normalized spacial score (nSPS) is 10.3. The maximum absolute atomic E-state index is 12.9. The second-order valence-electron chi connectivity index (χ2n) is 4.19. The molecule has 0 saturated heterocycles. The number of nitrogens with two attached hydrogens (primary N) is 1. The zero-order valence-corrected chi connectivity index (χ0v) is 12.4. The van der Waals surface area contributed by atoms with Crippen molar-refractivity contribution < 1.29 is 13.9 Å². The Morgan fingerprint density at radius 2 is 1.70 bits per heavy atom. The second-order valence-corrected chi connectivity index (χ2v) is 5.05. The van der Waals surface area contributed by atoms with Crippen molar-refractivity contribution in [2.75, 3.05) is 18.9 Å². The van der Waals surface area contributed by atoms with Gasteiger partial charge in [0.2, 0.25) is 0 Å². The quantitative estimate of drug-likeness (QED) is 0.638. The van der Waals surface area contributed by atoms with Crippen LogP contribution in [0.3, 0.4) is 0 Å². The Balaban J connectivity index is 1.70. The average molecular weight is 340 g/mol. The van der Waals surface area contributed by atoms with E-state index in [1.165, 1.54) is 12.1 Å². The highest BCUT2D eigenvalue weighted by Gasteiger charge is 2.02. The molecule has 2 aromatic carbocycles. The van der Waals surface area contributed by atoms with E-state index in [-0.39, 0.29) is 5.82 Å². The molecule has 0 aliphatic carbocycles. The largest absolute Gasteiger partial charge is 0.493 e. The van der Waals surface area contributed by atoms with Crippen LogP contribution in [0, 0.1) is 5.82 Å². The molecule has 0 saturated carbocycles. The van der Waals surface area contributed by atoms with Gasteiger partial charge in [-0.05, 0) is 58.4 Å². The fourth-order valence-corrected chi connectivity index (χ4v) is 2.05. The minimum atomic E-state index is -0.295. The van der Waals surface area contributed by atoms with Crippen LogP contribution < -0.4 is 15.2 Å². The molecule has 0 radical (unpaired) electrons. The van der Waals surface area contributed by atoms with Crippen molar-refractivity contribution in [1.82, 2.24) is 0 Å². The second kappa shape index (κ2) is 7.14.